The summed E-state index contributed by atoms with van der Waals surface area (Å²) in [6, 6.07) is 4.87. The number of nitrogens with zero attached hydrogens (tertiary/aromatic N) is 1. The van der Waals surface area contributed by atoms with Crippen molar-refractivity contribution in [2.75, 3.05) is 21.3 Å². The van der Waals surface area contributed by atoms with Gasteiger partial charge in [0.1, 0.15) is 17.0 Å². The Bertz CT molecular complexity index is 642. The number of ether oxygens (including phenoxy) is 3. The summed E-state index contributed by atoms with van der Waals surface area (Å²) in [5, 5.41) is 0.942. The van der Waals surface area contributed by atoms with Gasteiger partial charge in [-0.2, -0.15) is 0 Å². The molecule has 0 aliphatic heterocycles. The molecule has 19 heavy (non-hydrogen) atoms. The van der Waals surface area contributed by atoms with Gasteiger partial charge in [-0.15, -0.1) is 0 Å². The van der Waals surface area contributed by atoms with Gasteiger partial charge in [-0.1, -0.05) is 11.6 Å². The van der Waals surface area contributed by atoms with Crippen LogP contribution in [-0.4, -0.2) is 32.3 Å². The number of esters is 1. The lowest BCUT2D eigenvalue weighted by Gasteiger charge is -2.11. The van der Waals surface area contributed by atoms with E-state index in [1.807, 2.05) is 0 Å². The van der Waals surface area contributed by atoms with Gasteiger partial charge in [-0.05, 0) is 18.2 Å². The zero-order chi connectivity index (χ0) is 14.0. The molecule has 0 atom stereocenters. The van der Waals surface area contributed by atoms with Gasteiger partial charge in [-0.3, -0.25) is 0 Å². The molecule has 0 unspecified atom stereocenters. The summed E-state index contributed by atoms with van der Waals surface area (Å²) in [4.78, 5) is 15.8. The van der Waals surface area contributed by atoms with Crippen molar-refractivity contribution in [3.05, 3.63) is 28.9 Å². The third-order valence-corrected chi connectivity index (χ3v) is 2.97. The highest BCUT2D eigenvalue weighted by molar-refractivity contribution is 6.36. The second-order valence-electron chi connectivity index (χ2n) is 3.67. The minimum atomic E-state index is -0.561. The quantitative estimate of drug-likeness (QED) is 0.810. The second-order valence-corrected chi connectivity index (χ2v) is 4.08. The maximum absolute atomic E-state index is 11.5. The number of pyridine rings is 1. The van der Waals surface area contributed by atoms with E-state index in [2.05, 4.69) is 9.72 Å². The first-order chi connectivity index (χ1) is 9.12. The Morgan fingerprint density at radius 3 is 2.37 bits per heavy atom. The van der Waals surface area contributed by atoms with E-state index in [9.17, 15) is 4.79 Å². The first-order valence-electron chi connectivity index (χ1n) is 5.42. The maximum atomic E-state index is 11.5. The summed E-state index contributed by atoms with van der Waals surface area (Å²) in [5.74, 6) is 0.502. The van der Waals surface area contributed by atoms with E-state index < -0.39 is 5.97 Å². The Morgan fingerprint density at radius 1 is 1.16 bits per heavy atom. The minimum absolute atomic E-state index is 0.117. The van der Waals surface area contributed by atoms with E-state index in [1.54, 1.807) is 12.1 Å². The number of aromatic nitrogens is 1. The molecule has 0 aliphatic carbocycles. The summed E-state index contributed by atoms with van der Waals surface area (Å²) in [6.45, 7) is 0. The smallest absolute Gasteiger partial charge is 0.356 e. The molecule has 0 amide bonds. The normalized spacial score (nSPS) is 10.3. The molecule has 0 spiro atoms. The van der Waals surface area contributed by atoms with E-state index in [-0.39, 0.29) is 5.69 Å². The number of hydrogen-bond acceptors (Lipinski definition) is 5. The van der Waals surface area contributed by atoms with E-state index >= 15 is 0 Å². The molecule has 0 fully saturated rings. The number of methoxy groups -OCH3 is 3. The minimum Gasteiger partial charge on any atom is -0.496 e. The lowest BCUT2D eigenvalue weighted by Crippen LogP contribution is -2.05. The van der Waals surface area contributed by atoms with Crippen molar-refractivity contribution in [2.24, 2.45) is 0 Å². The average Bonchev–Trinajstić information content (AvgIpc) is 2.44. The van der Waals surface area contributed by atoms with Crippen LogP contribution in [-0.2, 0) is 4.74 Å². The Morgan fingerprint density at radius 2 is 1.79 bits per heavy atom. The van der Waals surface area contributed by atoms with Crippen LogP contribution in [0.3, 0.4) is 0 Å². The van der Waals surface area contributed by atoms with Crippen LogP contribution in [0.1, 0.15) is 10.5 Å². The molecule has 0 aliphatic rings. The standard InChI is InChI=1S/C13H12ClNO4/c1-17-9-4-5-10(18-2)12-11(9)7(14)6-8(15-12)13(16)19-3/h4-6H,1-3H3. The van der Waals surface area contributed by atoms with Crippen LogP contribution in [0.4, 0.5) is 0 Å². The van der Waals surface area contributed by atoms with Crippen molar-refractivity contribution in [2.45, 2.75) is 0 Å². The Hall–Kier alpha value is -2.01. The molecular weight excluding hydrogens is 270 g/mol. The largest absolute Gasteiger partial charge is 0.496 e. The number of fused-ring (bicyclic) bond motifs is 1. The van der Waals surface area contributed by atoms with E-state index in [4.69, 9.17) is 21.1 Å². The predicted molar refractivity (Wildman–Crippen MR) is 71.2 cm³/mol. The molecular formula is C13H12ClNO4. The van der Waals surface area contributed by atoms with Crippen LogP contribution in [0.25, 0.3) is 10.9 Å². The third-order valence-electron chi connectivity index (χ3n) is 2.67. The molecule has 0 N–H and O–H groups in total. The maximum Gasteiger partial charge on any atom is 0.356 e. The lowest BCUT2D eigenvalue weighted by atomic mass is 10.1. The highest BCUT2D eigenvalue weighted by Crippen LogP contribution is 2.36. The molecule has 0 radical (unpaired) electrons. The van der Waals surface area contributed by atoms with Crippen LogP contribution in [0.5, 0.6) is 11.5 Å². The fourth-order valence-corrected chi connectivity index (χ4v) is 2.07. The van der Waals surface area contributed by atoms with Gasteiger partial charge in [-0.25, -0.2) is 9.78 Å². The van der Waals surface area contributed by atoms with Crippen molar-refractivity contribution in [3.8, 4) is 11.5 Å². The van der Waals surface area contributed by atoms with Crippen LogP contribution >= 0.6 is 11.6 Å². The van der Waals surface area contributed by atoms with Crippen molar-refractivity contribution in [1.29, 1.82) is 0 Å². The monoisotopic (exact) mass is 281 g/mol. The summed E-state index contributed by atoms with van der Waals surface area (Å²) >= 11 is 6.19. The summed E-state index contributed by atoms with van der Waals surface area (Å²) < 4.78 is 15.1. The molecule has 100 valence electrons. The first kappa shape index (κ1) is 13.4. The zero-order valence-electron chi connectivity index (χ0n) is 10.7. The molecule has 1 aromatic heterocycles. The number of carbonyl (C=O) groups excluding carboxylic acids is 1. The van der Waals surface area contributed by atoms with Gasteiger partial charge < -0.3 is 14.2 Å². The van der Waals surface area contributed by atoms with Gasteiger partial charge in [0, 0.05) is 0 Å². The summed E-state index contributed by atoms with van der Waals surface area (Å²) in [6.07, 6.45) is 0. The zero-order valence-corrected chi connectivity index (χ0v) is 11.4. The summed E-state index contributed by atoms with van der Waals surface area (Å²) in [7, 11) is 4.33. The van der Waals surface area contributed by atoms with Gasteiger partial charge >= 0.3 is 5.97 Å². The van der Waals surface area contributed by atoms with Crippen molar-refractivity contribution in [3.63, 3.8) is 0 Å². The molecule has 0 bridgehead atoms. The molecule has 2 aromatic rings. The highest BCUT2D eigenvalue weighted by Gasteiger charge is 2.17. The first-order valence-corrected chi connectivity index (χ1v) is 5.79. The number of halogens is 1. The van der Waals surface area contributed by atoms with Gasteiger partial charge in [0.05, 0.1) is 31.7 Å². The van der Waals surface area contributed by atoms with Gasteiger partial charge in [0.25, 0.3) is 0 Å². The Kier molecular flexibility index (Phi) is 3.76. The van der Waals surface area contributed by atoms with Crippen molar-refractivity contribution >= 4 is 28.5 Å². The predicted octanol–water partition coefficient (Wildman–Crippen LogP) is 2.69. The van der Waals surface area contributed by atoms with Gasteiger partial charge in [0.15, 0.2) is 5.69 Å². The topological polar surface area (TPSA) is 57.7 Å². The van der Waals surface area contributed by atoms with Crippen LogP contribution in [0.15, 0.2) is 18.2 Å². The molecule has 5 nitrogen and oxygen atoms in total. The third kappa shape index (κ3) is 2.29. The van der Waals surface area contributed by atoms with Crippen LogP contribution in [0, 0.1) is 0 Å². The van der Waals surface area contributed by atoms with Gasteiger partial charge in [0.2, 0.25) is 0 Å². The van der Waals surface area contributed by atoms with E-state index in [0.717, 1.165) is 0 Å². The molecule has 0 saturated heterocycles. The molecule has 0 saturated carbocycles. The second kappa shape index (κ2) is 5.32. The fourth-order valence-electron chi connectivity index (χ4n) is 1.78. The van der Waals surface area contributed by atoms with Crippen LogP contribution in [0.2, 0.25) is 5.02 Å². The number of rotatable bonds is 3. The summed E-state index contributed by atoms with van der Waals surface area (Å²) in [5.41, 5.74) is 0.571. The highest BCUT2D eigenvalue weighted by atomic mass is 35.5. The Labute approximate surface area is 115 Å². The number of benzene rings is 1. The average molecular weight is 282 g/mol. The fraction of sp³-hybridized carbons (Fsp3) is 0.231. The number of carbonyl (C=O) groups is 1. The SMILES string of the molecule is COC(=O)c1cc(Cl)c2c(OC)ccc(OC)c2n1. The van der Waals surface area contributed by atoms with Crippen LogP contribution < -0.4 is 9.47 Å². The van der Waals surface area contributed by atoms with E-state index in [1.165, 1.54) is 27.4 Å². The van der Waals surface area contributed by atoms with E-state index in [0.29, 0.717) is 27.4 Å². The molecule has 2 rings (SSSR count). The number of hydrogen-bond donors (Lipinski definition) is 0. The molecule has 6 heteroatoms. The van der Waals surface area contributed by atoms with Crippen molar-refractivity contribution < 1.29 is 19.0 Å². The lowest BCUT2D eigenvalue weighted by molar-refractivity contribution is 0.0594. The molecule has 1 heterocycles. The Balaban J connectivity index is 2.81. The molecule has 1 aromatic carbocycles. The van der Waals surface area contributed by atoms with Crippen molar-refractivity contribution in [1.82, 2.24) is 4.98 Å².